The Bertz CT molecular complexity index is 346. The molecule has 1 atom stereocenters. The minimum atomic E-state index is 0.435. The fourth-order valence-corrected chi connectivity index (χ4v) is 2.51. The molecule has 1 aromatic rings. The number of halogens is 1. The van der Waals surface area contributed by atoms with Crippen molar-refractivity contribution in [3.8, 4) is 0 Å². The zero-order valence-electron chi connectivity index (χ0n) is 8.00. The minimum absolute atomic E-state index is 0.435. The van der Waals surface area contributed by atoms with Crippen LogP contribution in [0, 0.1) is 5.92 Å². The quantitative estimate of drug-likeness (QED) is 0.789. The number of benzene rings is 1. The molecule has 74 valence electrons. The van der Waals surface area contributed by atoms with Crippen LogP contribution in [-0.4, -0.2) is 5.78 Å². The Morgan fingerprint density at radius 2 is 2.29 bits per heavy atom. The van der Waals surface area contributed by atoms with Crippen molar-refractivity contribution in [2.45, 2.75) is 25.7 Å². The summed E-state index contributed by atoms with van der Waals surface area (Å²) >= 11 is 3.46. The summed E-state index contributed by atoms with van der Waals surface area (Å²) in [5, 5.41) is 0. The monoisotopic (exact) mass is 252 g/mol. The van der Waals surface area contributed by atoms with Gasteiger partial charge in [-0.25, -0.2) is 0 Å². The Balaban J connectivity index is 2.00. The molecule has 1 unspecified atom stereocenters. The molecule has 0 aromatic heterocycles. The Kier molecular flexibility index (Phi) is 3.02. The van der Waals surface area contributed by atoms with Gasteiger partial charge in [0.05, 0.1) is 0 Å². The smallest absolute Gasteiger partial charge is 0.133 e. The standard InChI is InChI=1S/C12H13BrO/c13-11-3-1-2-9(7-11)6-10-4-5-12(14)8-10/h1-3,7,10H,4-6,8H2. The van der Waals surface area contributed by atoms with Crippen LogP contribution in [0.25, 0.3) is 0 Å². The largest absolute Gasteiger partial charge is 0.300 e. The maximum atomic E-state index is 11.1. The number of hydrogen-bond donors (Lipinski definition) is 0. The molecule has 0 N–H and O–H groups in total. The summed E-state index contributed by atoms with van der Waals surface area (Å²) in [5.41, 5.74) is 1.33. The summed E-state index contributed by atoms with van der Waals surface area (Å²) in [5.74, 6) is 1.02. The number of ketones is 1. The van der Waals surface area contributed by atoms with Crippen molar-refractivity contribution in [3.05, 3.63) is 34.3 Å². The average molecular weight is 253 g/mol. The molecule has 0 aliphatic heterocycles. The highest BCUT2D eigenvalue weighted by Crippen LogP contribution is 2.26. The second kappa shape index (κ2) is 4.26. The molecular weight excluding hydrogens is 240 g/mol. The molecule has 2 heteroatoms. The lowest BCUT2D eigenvalue weighted by atomic mass is 9.98. The Labute approximate surface area is 92.6 Å². The second-order valence-corrected chi connectivity index (χ2v) is 4.90. The van der Waals surface area contributed by atoms with Crippen molar-refractivity contribution < 1.29 is 4.79 Å². The van der Waals surface area contributed by atoms with Gasteiger partial charge in [0.15, 0.2) is 0 Å². The molecule has 1 fully saturated rings. The lowest BCUT2D eigenvalue weighted by Crippen LogP contribution is -1.99. The Morgan fingerprint density at radius 3 is 2.93 bits per heavy atom. The first-order chi connectivity index (χ1) is 6.74. The predicted molar refractivity (Wildman–Crippen MR) is 60.2 cm³/mol. The molecule has 0 saturated heterocycles. The van der Waals surface area contributed by atoms with Gasteiger partial charge in [0.25, 0.3) is 0 Å². The summed E-state index contributed by atoms with van der Waals surface area (Å²) in [4.78, 5) is 11.1. The Hall–Kier alpha value is -0.630. The minimum Gasteiger partial charge on any atom is -0.300 e. The summed E-state index contributed by atoms with van der Waals surface area (Å²) in [6, 6.07) is 8.36. The molecular formula is C12H13BrO. The number of carbonyl (C=O) groups excluding carboxylic acids is 1. The predicted octanol–water partition coefficient (Wildman–Crippen LogP) is 3.36. The molecule has 0 heterocycles. The van der Waals surface area contributed by atoms with E-state index in [0.29, 0.717) is 11.7 Å². The summed E-state index contributed by atoms with van der Waals surface area (Å²) in [6.45, 7) is 0. The summed E-state index contributed by atoms with van der Waals surface area (Å²) in [7, 11) is 0. The van der Waals surface area contributed by atoms with Gasteiger partial charge in [-0.15, -0.1) is 0 Å². The van der Waals surface area contributed by atoms with Crippen LogP contribution in [0.3, 0.4) is 0 Å². The zero-order valence-corrected chi connectivity index (χ0v) is 9.59. The van der Waals surface area contributed by atoms with Gasteiger partial charge in [-0.3, -0.25) is 4.79 Å². The van der Waals surface area contributed by atoms with Gasteiger partial charge in [-0.2, -0.15) is 0 Å². The molecule has 0 bridgehead atoms. The fourth-order valence-electron chi connectivity index (χ4n) is 2.06. The van der Waals surface area contributed by atoms with Crippen LogP contribution >= 0.6 is 15.9 Å². The normalized spacial score (nSPS) is 21.5. The van der Waals surface area contributed by atoms with E-state index in [4.69, 9.17) is 0 Å². The number of Topliss-reactive ketones (excluding diaryl/α,β-unsaturated/α-hetero) is 1. The van der Waals surface area contributed by atoms with Crippen molar-refractivity contribution in [2.24, 2.45) is 5.92 Å². The van der Waals surface area contributed by atoms with Crippen molar-refractivity contribution in [1.82, 2.24) is 0 Å². The van der Waals surface area contributed by atoms with Crippen LogP contribution in [0.5, 0.6) is 0 Å². The number of hydrogen-bond acceptors (Lipinski definition) is 1. The molecule has 0 amide bonds. The lowest BCUT2D eigenvalue weighted by molar-refractivity contribution is -0.117. The van der Waals surface area contributed by atoms with Crippen LogP contribution in [-0.2, 0) is 11.2 Å². The van der Waals surface area contributed by atoms with E-state index in [1.54, 1.807) is 0 Å². The first kappa shape index (κ1) is 9.91. The van der Waals surface area contributed by atoms with Gasteiger partial charge in [-0.05, 0) is 36.5 Å². The van der Waals surface area contributed by atoms with Crippen molar-refractivity contribution in [3.63, 3.8) is 0 Å². The van der Waals surface area contributed by atoms with Crippen LogP contribution in [0.4, 0.5) is 0 Å². The fraction of sp³-hybridized carbons (Fsp3) is 0.417. The van der Waals surface area contributed by atoms with Crippen LogP contribution < -0.4 is 0 Å². The first-order valence-corrected chi connectivity index (χ1v) is 5.79. The van der Waals surface area contributed by atoms with Gasteiger partial charge in [-0.1, -0.05) is 28.1 Å². The summed E-state index contributed by atoms with van der Waals surface area (Å²) < 4.78 is 1.12. The molecule has 0 radical (unpaired) electrons. The van der Waals surface area contributed by atoms with Gasteiger partial charge >= 0.3 is 0 Å². The second-order valence-electron chi connectivity index (χ2n) is 3.98. The van der Waals surface area contributed by atoms with E-state index in [1.165, 1.54) is 5.56 Å². The van der Waals surface area contributed by atoms with E-state index >= 15 is 0 Å². The van der Waals surface area contributed by atoms with Crippen LogP contribution in [0.1, 0.15) is 24.8 Å². The van der Waals surface area contributed by atoms with E-state index in [1.807, 2.05) is 6.07 Å². The Morgan fingerprint density at radius 1 is 1.43 bits per heavy atom. The van der Waals surface area contributed by atoms with E-state index in [2.05, 4.69) is 34.1 Å². The SMILES string of the molecule is O=C1CCC(Cc2cccc(Br)c2)C1. The van der Waals surface area contributed by atoms with E-state index < -0.39 is 0 Å². The number of rotatable bonds is 2. The zero-order chi connectivity index (χ0) is 9.97. The number of carbonyl (C=O) groups is 1. The lowest BCUT2D eigenvalue weighted by Gasteiger charge is -2.07. The molecule has 2 rings (SSSR count). The topological polar surface area (TPSA) is 17.1 Å². The molecule has 14 heavy (non-hydrogen) atoms. The molecule has 1 aliphatic carbocycles. The van der Waals surface area contributed by atoms with Gasteiger partial charge in [0.2, 0.25) is 0 Å². The average Bonchev–Trinajstić information content (AvgIpc) is 2.51. The third-order valence-electron chi connectivity index (χ3n) is 2.76. The van der Waals surface area contributed by atoms with Gasteiger partial charge in [0, 0.05) is 17.3 Å². The van der Waals surface area contributed by atoms with Crippen molar-refractivity contribution in [2.75, 3.05) is 0 Å². The van der Waals surface area contributed by atoms with E-state index in [9.17, 15) is 4.79 Å². The van der Waals surface area contributed by atoms with E-state index in [-0.39, 0.29) is 0 Å². The molecule has 1 saturated carbocycles. The van der Waals surface area contributed by atoms with Gasteiger partial charge in [0.1, 0.15) is 5.78 Å². The third kappa shape index (κ3) is 2.44. The van der Waals surface area contributed by atoms with E-state index in [0.717, 1.165) is 30.2 Å². The highest BCUT2D eigenvalue weighted by atomic mass is 79.9. The van der Waals surface area contributed by atoms with Crippen LogP contribution in [0.2, 0.25) is 0 Å². The maximum Gasteiger partial charge on any atom is 0.133 e. The molecule has 1 aromatic carbocycles. The highest BCUT2D eigenvalue weighted by Gasteiger charge is 2.21. The van der Waals surface area contributed by atoms with Crippen molar-refractivity contribution in [1.29, 1.82) is 0 Å². The molecule has 1 aliphatic rings. The first-order valence-electron chi connectivity index (χ1n) is 5.00. The highest BCUT2D eigenvalue weighted by molar-refractivity contribution is 9.10. The molecule has 0 spiro atoms. The van der Waals surface area contributed by atoms with Gasteiger partial charge < -0.3 is 0 Å². The summed E-state index contributed by atoms with van der Waals surface area (Å²) in [6.07, 6.45) is 3.70. The van der Waals surface area contributed by atoms with Crippen molar-refractivity contribution >= 4 is 21.7 Å². The van der Waals surface area contributed by atoms with Crippen LogP contribution in [0.15, 0.2) is 28.7 Å². The third-order valence-corrected chi connectivity index (χ3v) is 3.25. The maximum absolute atomic E-state index is 11.1. The molecule has 1 nitrogen and oxygen atoms in total.